The molecule has 1 aromatic carbocycles. The fraction of sp³-hybridized carbons (Fsp3) is 0.333. The highest BCUT2D eigenvalue weighted by Crippen LogP contribution is 2.25. The first-order valence-corrected chi connectivity index (χ1v) is 6.23. The predicted octanol–water partition coefficient (Wildman–Crippen LogP) is 1.35. The lowest BCUT2D eigenvalue weighted by Crippen LogP contribution is -2.46. The average molecular weight is 287 g/mol. The SMILES string of the molecule is O=C([O-])C1CCCN1C(=O)c1ccc(Cl)c(Cl)c1. The quantitative estimate of drug-likeness (QED) is 0.825. The molecule has 96 valence electrons. The van der Waals surface area contributed by atoms with Gasteiger partial charge in [-0.2, -0.15) is 0 Å². The molecule has 0 saturated carbocycles. The molecular formula is C12H10Cl2NO3-. The van der Waals surface area contributed by atoms with Crippen LogP contribution in [0, 0.1) is 0 Å². The van der Waals surface area contributed by atoms with E-state index in [9.17, 15) is 14.7 Å². The summed E-state index contributed by atoms with van der Waals surface area (Å²) in [5, 5.41) is 11.5. The Morgan fingerprint density at radius 2 is 2.00 bits per heavy atom. The number of aliphatic carboxylic acids is 1. The van der Waals surface area contributed by atoms with Crippen molar-refractivity contribution >= 4 is 35.1 Å². The number of carboxylic acids is 1. The van der Waals surface area contributed by atoms with Crippen molar-refractivity contribution in [3.05, 3.63) is 33.8 Å². The Morgan fingerprint density at radius 1 is 1.28 bits per heavy atom. The number of likely N-dealkylation sites (tertiary alicyclic amines) is 1. The minimum absolute atomic E-state index is 0.270. The summed E-state index contributed by atoms with van der Waals surface area (Å²) in [7, 11) is 0. The van der Waals surface area contributed by atoms with Crippen molar-refractivity contribution in [2.75, 3.05) is 6.54 Å². The summed E-state index contributed by atoms with van der Waals surface area (Å²) in [6, 6.07) is 3.63. The molecule has 2 rings (SSSR count). The number of carbonyl (C=O) groups excluding carboxylic acids is 2. The van der Waals surface area contributed by atoms with Crippen LogP contribution in [0.5, 0.6) is 0 Å². The summed E-state index contributed by atoms with van der Waals surface area (Å²) in [4.78, 5) is 24.4. The Balaban J connectivity index is 2.25. The molecule has 0 radical (unpaired) electrons. The maximum absolute atomic E-state index is 12.2. The number of carbonyl (C=O) groups is 2. The highest BCUT2D eigenvalue weighted by atomic mass is 35.5. The van der Waals surface area contributed by atoms with Gasteiger partial charge in [0.05, 0.1) is 22.1 Å². The van der Waals surface area contributed by atoms with Gasteiger partial charge in [0.15, 0.2) is 0 Å². The molecule has 4 nitrogen and oxygen atoms in total. The first-order chi connectivity index (χ1) is 8.50. The summed E-state index contributed by atoms with van der Waals surface area (Å²) >= 11 is 11.6. The Hall–Kier alpha value is -1.26. The van der Waals surface area contributed by atoms with E-state index >= 15 is 0 Å². The van der Waals surface area contributed by atoms with Crippen LogP contribution in [0.2, 0.25) is 10.0 Å². The lowest BCUT2D eigenvalue weighted by Gasteiger charge is -2.25. The summed E-state index contributed by atoms with van der Waals surface area (Å²) in [5.41, 5.74) is 0.331. The van der Waals surface area contributed by atoms with E-state index in [1.54, 1.807) is 0 Å². The van der Waals surface area contributed by atoms with Gasteiger partial charge in [-0.05, 0) is 31.0 Å². The zero-order valence-electron chi connectivity index (χ0n) is 9.36. The monoisotopic (exact) mass is 286 g/mol. The zero-order chi connectivity index (χ0) is 13.3. The number of amides is 1. The van der Waals surface area contributed by atoms with E-state index in [0.29, 0.717) is 30.0 Å². The molecule has 0 aromatic heterocycles. The molecule has 0 aliphatic carbocycles. The highest BCUT2D eigenvalue weighted by Gasteiger charge is 2.30. The van der Waals surface area contributed by atoms with E-state index in [0.717, 1.165) is 0 Å². The number of nitrogens with zero attached hydrogens (tertiary/aromatic N) is 1. The second-order valence-electron chi connectivity index (χ2n) is 4.10. The van der Waals surface area contributed by atoms with Gasteiger partial charge in [0, 0.05) is 12.1 Å². The lowest BCUT2D eigenvalue weighted by molar-refractivity contribution is -0.310. The fourth-order valence-electron chi connectivity index (χ4n) is 2.05. The van der Waals surface area contributed by atoms with Crippen molar-refractivity contribution in [3.63, 3.8) is 0 Å². The van der Waals surface area contributed by atoms with Crippen molar-refractivity contribution in [3.8, 4) is 0 Å². The second kappa shape index (κ2) is 5.16. The van der Waals surface area contributed by atoms with Gasteiger partial charge in [0.25, 0.3) is 5.91 Å². The molecule has 6 heteroatoms. The molecule has 1 heterocycles. The van der Waals surface area contributed by atoms with Crippen LogP contribution >= 0.6 is 23.2 Å². The van der Waals surface area contributed by atoms with E-state index in [-0.39, 0.29) is 10.9 Å². The van der Waals surface area contributed by atoms with Gasteiger partial charge in [0.2, 0.25) is 0 Å². The van der Waals surface area contributed by atoms with Crippen LogP contribution in [0.3, 0.4) is 0 Å². The number of hydrogen-bond acceptors (Lipinski definition) is 3. The largest absolute Gasteiger partial charge is 0.548 e. The molecule has 1 saturated heterocycles. The molecule has 1 amide bonds. The van der Waals surface area contributed by atoms with E-state index in [1.165, 1.54) is 23.1 Å². The number of hydrogen-bond donors (Lipinski definition) is 0. The van der Waals surface area contributed by atoms with Crippen LogP contribution in [-0.2, 0) is 4.79 Å². The average Bonchev–Trinajstić information content (AvgIpc) is 2.81. The van der Waals surface area contributed by atoms with Crippen LogP contribution in [0.4, 0.5) is 0 Å². The first-order valence-electron chi connectivity index (χ1n) is 5.47. The minimum atomic E-state index is -1.22. The van der Waals surface area contributed by atoms with E-state index in [1.807, 2.05) is 0 Å². The molecule has 1 fully saturated rings. The number of benzene rings is 1. The normalized spacial score (nSPS) is 19.0. The third-order valence-electron chi connectivity index (χ3n) is 2.95. The van der Waals surface area contributed by atoms with Gasteiger partial charge in [-0.15, -0.1) is 0 Å². The van der Waals surface area contributed by atoms with Crippen molar-refractivity contribution in [2.45, 2.75) is 18.9 Å². The van der Waals surface area contributed by atoms with Crippen LogP contribution in [0.15, 0.2) is 18.2 Å². The minimum Gasteiger partial charge on any atom is -0.548 e. The van der Waals surface area contributed by atoms with Gasteiger partial charge in [-0.1, -0.05) is 23.2 Å². The topological polar surface area (TPSA) is 60.4 Å². The Kier molecular flexibility index (Phi) is 3.78. The summed E-state index contributed by atoms with van der Waals surface area (Å²) in [6.07, 6.45) is 1.08. The molecule has 0 spiro atoms. The molecule has 1 aromatic rings. The number of rotatable bonds is 2. The van der Waals surface area contributed by atoms with Crippen molar-refractivity contribution in [1.82, 2.24) is 4.90 Å². The maximum atomic E-state index is 12.2. The molecular weight excluding hydrogens is 277 g/mol. The Bertz CT molecular complexity index is 504. The van der Waals surface area contributed by atoms with Gasteiger partial charge < -0.3 is 14.8 Å². The highest BCUT2D eigenvalue weighted by molar-refractivity contribution is 6.42. The molecule has 18 heavy (non-hydrogen) atoms. The van der Waals surface area contributed by atoms with Gasteiger partial charge in [-0.3, -0.25) is 4.79 Å². The molecule has 1 aliphatic heterocycles. The van der Waals surface area contributed by atoms with Crippen molar-refractivity contribution in [2.24, 2.45) is 0 Å². The van der Waals surface area contributed by atoms with Crippen LogP contribution in [0.25, 0.3) is 0 Å². The first kappa shape index (κ1) is 13.2. The van der Waals surface area contributed by atoms with Crippen molar-refractivity contribution < 1.29 is 14.7 Å². The standard InChI is InChI=1S/C12H11Cl2NO3/c13-8-4-3-7(6-9(8)14)11(16)15-5-1-2-10(15)12(17)18/h3-4,6,10H,1-2,5H2,(H,17,18)/p-1. The molecule has 0 N–H and O–H groups in total. The van der Waals surface area contributed by atoms with E-state index < -0.39 is 12.0 Å². The fourth-order valence-corrected chi connectivity index (χ4v) is 2.35. The summed E-state index contributed by atoms with van der Waals surface area (Å²) in [5.74, 6) is -1.58. The second-order valence-corrected chi connectivity index (χ2v) is 4.92. The zero-order valence-corrected chi connectivity index (χ0v) is 10.9. The lowest BCUT2D eigenvalue weighted by atomic mass is 10.1. The molecule has 0 bridgehead atoms. The van der Waals surface area contributed by atoms with Gasteiger partial charge >= 0.3 is 0 Å². The van der Waals surface area contributed by atoms with Crippen LogP contribution < -0.4 is 5.11 Å². The molecule has 1 atom stereocenters. The Morgan fingerprint density at radius 3 is 2.61 bits per heavy atom. The van der Waals surface area contributed by atoms with E-state index in [2.05, 4.69) is 0 Å². The van der Waals surface area contributed by atoms with Crippen LogP contribution in [0.1, 0.15) is 23.2 Å². The Labute approximate surface area is 114 Å². The third-order valence-corrected chi connectivity index (χ3v) is 3.69. The van der Waals surface area contributed by atoms with Gasteiger partial charge in [-0.25, -0.2) is 0 Å². The van der Waals surface area contributed by atoms with Gasteiger partial charge in [0.1, 0.15) is 0 Å². The number of carboxylic acid groups (broad SMARTS) is 1. The molecule has 1 aliphatic rings. The maximum Gasteiger partial charge on any atom is 0.254 e. The van der Waals surface area contributed by atoms with Crippen molar-refractivity contribution in [1.29, 1.82) is 0 Å². The van der Waals surface area contributed by atoms with E-state index in [4.69, 9.17) is 23.2 Å². The molecule has 1 unspecified atom stereocenters. The summed E-state index contributed by atoms with van der Waals surface area (Å²) in [6.45, 7) is 0.414. The predicted molar refractivity (Wildman–Crippen MR) is 65.5 cm³/mol. The number of halogens is 2. The third kappa shape index (κ3) is 2.44. The smallest absolute Gasteiger partial charge is 0.254 e. The summed E-state index contributed by atoms with van der Waals surface area (Å²) < 4.78 is 0. The van der Waals surface area contributed by atoms with Crippen LogP contribution in [-0.4, -0.2) is 29.4 Å².